The van der Waals surface area contributed by atoms with Crippen LogP contribution in [0.2, 0.25) is 0 Å². The summed E-state index contributed by atoms with van der Waals surface area (Å²) < 4.78 is 11.0. The Kier molecular flexibility index (Phi) is 8.38. The zero-order valence-corrected chi connectivity index (χ0v) is 16.3. The van der Waals surface area contributed by atoms with Gasteiger partial charge in [0.2, 0.25) is 0 Å². The molecule has 0 atom stereocenters. The van der Waals surface area contributed by atoms with Gasteiger partial charge in [0.25, 0.3) is 0 Å². The average molecular weight is 366 g/mol. The fraction of sp³-hybridized carbons (Fsp3) is 0.579. The third-order valence-electron chi connectivity index (χ3n) is 3.52. The summed E-state index contributed by atoms with van der Waals surface area (Å²) in [5.41, 5.74) is 0.211. The van der Waals surface area contributed by atoms with Gasteiger partial charge in [0, 0.05) is 26.7 Å². The van der Waals surface area contributed by atoms with Gasteiger partial charge in [-0.2, -0.15) is 0 Å². The Morgan fingerprint density at radius 3 is 2.42 bits per heavy atom. The number of carboxylic acid groups (broad SMARTS) is 1. The highest BCUT2D eigenvalue weighted by atomic mass is 16.6. The van der Waals surface area contributed by atoms with E-state index < -0.39 is 11.6 Å². The van der Waals surface area contributed by atoms with Gasteiger partial charge in [-0.15, -0.1) is 0 Å². The minimum Gasteiger partial charge on any atom is -0.492 e. The fourth-order valence-corrected chi connectivity index (χ4v) is 2.10. The lowest BCUT2D eigenvalue weighted by molar-refractivity contribution is -0.136. The largest absolute Gasteiger partial charge is 0.492 e. The second-order valence-electron chi connectivity index (χ2n) is 7.27. The van der Waals surface area contributed by atoms with Gasteiger partial charge in [-0.05, 0) is 45.5 Å². The van der Waals surface area contributed by atoms with Crippen molar-refractivity contribution in [3.8, 4) is 5.75 Å². The van der Waals surface area contributed by atoms with Crippen molar-refractivity contribution in [1.82, 2.24) is 9.80 Å². The predicted octanol–water partition coefficient (Wildman–Crippen LogP) is 2.49. The molecular formula is C19H30N2O5. The van der Waals surface area contributed by atoms with Crippen molar-refractivity contribution in [2.75, 3.05) is 40.3 Å². The van der Waals surface area contributed by atoms with E-state index in [0.29, 0.717) is 37.6 Å². The zero-order valence-electron chi connectivity index (χ0n) is 16.3. The number of amides is 1. The van der Waals surface area contributed by atoms with Crippen LogP contribution in [0.25, 0.3) is 0 Å². The van der Waals surface area contributed by atoms with Crippen LogP contribution >= 0.6 is 0 Å². The molecule has 0 heterocycles. The van der Waals surface area contributed by atoms with E-state index in [2.05, 4.69) is 4.90 Å². The first-order valence-corrected chi connectivity index (χ1v) is 8.63. The molecule has 1 amide bonds. The lowest BCUT2D eigenvalue weighted by Gasteiger charge is -2.26. The van der Waals surface area contributed by atoms with Gasteiger partial charge >= 0.3 is 12.1 Å². The molecule has 1 N–H and O–H groups in total. The van der Waals surface area contributed by atoms with E-state index in [4.69, 9.17) is 14.6 Å². The summed E-state index contributed by atoms with van der Waals surface area (Å²) in [6.45, 7) is 7.93. The number of likely N-dealkylation sites (N-methyl/N-ethyl adjacent to an activating group) is 2. The molecule has 0 aliphatic carbocycles. The Hall–Kier alpha value is -2.28. The van der Waals surface area contributed by atoms with Crippen LogP contribution in [0.15, 0.2) is 24.3 Å². The van der Waals surface area contributed by atoms with E-state index in [0.717, 1.165) is 0 Å². The molecule has 26 heavy (non-hydrogen) atoms. The highest BCUT2D eigenvalue weighted by molar-refractivity contribution is 5.70. The van der Waals surface area contributed by atoms with E-state index >= 15 is 0 Å². The molecule has 1 aromatic carbocycles. The Bertz CT molecular complexity index is 598. The number of hydrogen-bond acceptors (Lipinski definition) is 5. The maximum atomic E-state index is 11.9. The second kappa shape index (κ2) is 10.0. The van der Waals surface area contributed by atoms with Crippen LogP contribution in [0, 0.1) is 0 Å². The van der Waals surface area contributed by atoms with Crippen molar-refractivity contribution in [2.24, 2.45) is 0 Å². The van der Waals surface area contributed by atoms with Crippen molar-refractivity contribution in [1.29, 1.82) is 0 Å². The van der Waals surface area contributed by atoms with E-state index in [-0.39, 0.29) is 12.5 Å². The SMILES string of the molecule is CN(CCOc1cccc(CC(=O)O)c1)CCN(C)C(=O)OC(C)(C)C. The zero-order chi connectivity index (χ0) is 19.7. The van der Waals surface area contributed by atoms with Crippen molar-refractivity contribution in [3.05, 3.63) is 29.8 Å². The number of rotatable bonds is 9. The van der Waals surface area contributed by atoms with Gasteiger partial charge in [-0.1, -0.05) is 12.1 Å². The van der Waals surface area contributed by atoms with Crippen molar-refractivity contribution < 1.29 is 24.2 Å². The molecule has 0 saturated heterocycles. The first-order chi connectivity index (χ1) is 12.1. The summed E-state index contributed by atoms with van der Waals surface area (Å²) >= 11 is 0. The maximum absolute atomic E-state index is 11.9. The predicted molar refractivity (Wildman–Crippen MR) is 99.6 cm³/mol. The molecule has 1 rings (SSSR count). The number of hydrogen-bond donors (Lipinski definition) is 1. The van der Waals surface area contributed by atoms with E-state index in [1.54, 1.807) is 30.1 Å². The third-order valence-corrected chi connectivity index (χ3v) is 3.52. The first kappa shape index (κ1) is 21.8. The molecule has 0 aliphatic rings. The molecular weight excluding hydrogens is 336 g/mol. The van der Waals surface area contributed by atoms with Crippen LogP contribution in [0.4, 0.5) is 4.79 Å². The number of ether oxygens (including phenoxy) is 2. The number of benzene rings is 1. The first-order valence-electron chi connectivity index (χ1n) is 8.63. The van der Waals surface area contributed by atoms with Crippen molar-refractivity contribution in [3.63, 3.8) is 0 Å². The minimum atomic E-state index is -0.865. The van der Waals surface area contributed by atoms with E-state index in [1.807, 2.05) is 33.9 Å². The van der Waals surface area contributed by atoms with Gasteiger partial charge in [0.05, 0.1) is 6.42 Å². The molecule has 7 nitrogen and oxygen atoms in total. The molecule has 0 unspecified atom stereocenters. The van der Waals surface area contributed by atoms with Crippen molar-refractivity contribution in [2.45, 2.75) is 32.8 Å². The van der Waals surface area contributed by atoms with Crippen LogP contribution in [0.5, 0.6) is 5.75 Å². The summed E-state index contributed by atoms with van der Waals surface area (Å²) in [4.78, 5) is 26.3. The summed E-state index contributed by atoms with van der Waals surface area (Å²) in [6, 6.07) is 7.10. The average Bonchev–Trinajstić information content (AvgIpc) is 2.50. The summed E-state index contributed by atoms with van der Waals surface area (Å²) in [5, 5.41) is 8.83. The Morgan fingerprint density at radius 1 is 1.12 bits per heavy atom. The fourth-order valence-electron chi connectivity index (χ4n) is 2.10. The number of aliphatic carboxylic acids is 1. The molecule has 0 fully saturated rings. The summed E-state index contributed by atoms with van der Waals surface area (Å²) in [5.74, 6) is -0.209. The molecule has 0 aromatic heterocycles. The standard InChI is InChI=1S/C19H30N2O5/c1-19(2,3)26-18(24)21(5)10-9-20(4)11-12-25-16-8-6-7-15(13-16)14-17(22)23/h6-8,13H,9-12,14H2,1-5H3,(H,22,23). The topological polar surface area (TPSA) is 79.3 Å². The van der Waals surface area contributed by atoms with Gasteiger partial charge in [0.15, 0.2) is 0 Å². The highest BCUT2D eigenvalue weighted by Crippen LogP contribution is 2.14. The highest BCUT2D eigenvalue weighted by Gasteiger charge is 2.19. The maximum Gasteiger partial charge on any atom is 0.410 e. The quantitative estimate of drug-likeness (QED) is 0.723. The number of carbonyl (C=O) groups is 2. The lowest BCUT2D eigenvalue weighted by atomic mass is 10.1. The monoisotopic (exact) mass is 366 g/mol. The minimum absolute atomic E-state index is 0.0197. The summed E-state index contributed by atoms with van der Waals surface area (Å²) in [6.07, 6.45) is -0.355. The molecule has 7 heteroatoms. The molecule has 1 aromatic rings. The van der Waals surface area contributed by atoms with E-state index in [9.17, 15) is 9.59 Å². The summed E-state index contributed by atoms with van der Waals surface area (Å²) in [7, 11) is 3.67. The molecule has 146 valence electrons. The van der Waals surface area contributed by atoms with Gasteiger partial charge in [0.1, 0.15) is 18.0 Å². The van der Waals surface area contributed by atoms with Gasteiger partial charge in [-0.3, -0.25) is 4.79 Å². The van der Waals surface area contributed by atoms with Gasteiger partial charge < -0.3 is 24.4 Å². The smallest absolute Gasteiger partial charge is 0.410 e. The Labute approximate surface area is 155 Å². The van der Waals surface area contributed by atoms with Crippen LogP contribution in [-0.4, -0.2) is 72.9 Å². The normalized spacial score (nSPS) is 11.3. The Balaban J connectivity index is 2.31. The molecule has 0 spiro atoms. The molecule has 0 radical (unpaired) electrons. The number of carboxylic acids is 1. The number of nitrogens with zero attached hydrogens (tertiary/aromatic N) is 2. The molecule has 0 saturated carbocycles. The third kappa shape index (κ3) is 9.27. The lowest BCUT2D eigenvalue weighted by Crippen LogP contribution is -2.39. The van der Waals surface area contributed by atoms with Crippen molar-refractivity contribution >= 4 is 12.1 Å². The molecule has 0 aliphatic heterocycles. The van der Waals surface area contributed by atoms with Crippen LogP contribution in [0.1, 0.15) is 26.3 Å². The van der Waals surface area contributed by atoms with Crippen LogP contribution in [-0.2, 0) is 16.0 Å². The van der Waals surface area contributed by atoms with Crippen LogP contribution < -0.4 is 4.74 Å². The molecule has 0 bridgehead atoms. The van der Waals surface area contributed by atoms with Crippen LogP contribution in [0.3, 0.4) is 0 Å². The van der Waals surface area contributed by atoms with Gasteiger partial charge in [-0.25, -0.2) is 4.79 Å². The number of carbonyl (C=O) groups excluding carboxylic acids is 1. The van der Waals surface area contributed by atoms with E-state index in [1.165, 1.54) is 0 Å². The Morgan fingerprint density at radius 2 is 1.81 bits per heavy atom. The second-order valence-corrected chi connectivity index (χ2v) is 7.27.